The Morgan fingerprint density at radius 3 is 2.22 bits per heavy atom. The van der Waals surface area contributed by atoms with Crippen LogP contribution >= 0.6 is 0 Å². The molecular formula is C21H20FN3O2. The smallest absolute Gasteiger partial charge is 0.257 e. The van der Waals surface area contributed by atoms with Gasteiger partial charge in [0.05, 0.1) is 11.7 Å². The zero-order chi connectivity index (χ0) is 19.2. The lowest BCUT2D eigenvalue weighted by atomic mass is 10.2. The molecule has 0 aliphatic heterocycles. The van der Waals surface area contributed by atoms with E-state index in [0.717, 1.165) is 5.75 Å². The van der Waals surface area contributed by atoms with E-state index in [1.54, 1.807) is 36.4 Å². The van der Waals surface area contributed by atoms with E-state index in [1.165, 1.54) is 18.3 Å². The molecule has 6 heteroatoms. The van der Waals surface area contributed by atoms with E-state index in [4.69, 9.17) is 4.74 Å². The molecule has 2 aromatic carbocycles. The van der Waals surface area contributed by atoms with Crippen molar-refractivity contribution in [2.75, 3.05) is 10.6 Å². The van der Waals surface area contributed by atoms with Gasteiger partial charge >= 0.3 is 0 Å². The van der Waals surface area contributed by atoms with Gasteiger partial charge in [0, 0.05) is 17.6 Å². The van der Waals surface area contributed by atoms with Crippen molar-refractivity contribution < 1.29 is 13.9 Å². The summed E-state index contributed by atoms with van der Waals surface area (Å²) in [5.74, 6) is 0.756. The summed E-state index contributed by atoms with van der Waals surface area (Å²) in [6.45, 7) is 3.91. The highest BCUT2D eigenvalue weighted by atomic mass is 19.1. The molecule has 3 rings (SSSR count). The lowest BCUT2D eigenvalue weighted by Crippen LogP contribution is -2.12. The second-order valence-electron chi connectivity index (χ2n) is 6.21. The molecule has 0 atom stereocenters. The molecular weight excluding hydrogens is 345 g/mol. The molecule has 0 saturated heterocycles. The summed E-state index contributed by atoms with van der Waals surface area (Å²) >= 11 is 0. The Hall–Kier alpha value is -3.41. The molecule has 2 N–H and O–H groups in total. The van der Waals surface area contributed by atoms with Crippen LogP contribution in [0.25, 0.3) is 0 Å². The number of hydrogen-bond acceptors (Lipinski definition) is 4. The topological polar surface area (TPSA) is 63.2 Å². The van der Waals surface area contributed by atoms with Crippen molar-refractivity contribution in [3.8, 4) is 5.75 Å². The van der Waals surface area contributed by atoms with Gasteiger partial charge in [-0.2, -0.15) is 0 Å². The number of pyridine rings is 1. The summed E-state index contributed by atoms with van der Waals surface area (Å²) < 4.78 is 18.5. The third-order valence-electron chi connectivity index (χ3n) is 3.63. The molecule has 1 aromatic heterocycles. The molecule has 27 heavy (non-hydrogen) atoms. The molecule has 0 bridgehead atoms. The molecule has 0 spiro atoms. The van der Waals surface area contributed by atoms with Crippen molar-refractivity contribution in [1.82, 2.24) is 4.98 Å². The number of ether oxygens (including phenoxy) is 1. The number of rotatable bonds is 6. The number of halogens is 1. The number of nitrogens with one attached hydrogen (secondary N) is 2. The van der Waals surface area contributed by atoms with Gasteiger partial charge in [0.25, 0.3) is 5.91 Å². The highest BCUT2D eigenvalue weighted by Gasteiger charge is 2.08. The van der Waals surface area contributed by atoms with E-state index in [-0.39, 0.29) is 17.8 Å². The predicted octanol–water partition coefficient (Wildman–Crippen LogP) is 5.00. The monoisotopic (exact) mass is 365 g/mol. The molecule has 1 heterocycles. The van der Waals surface area contributed by atoms with E-state index in [2.05, 4.69) is 15.6 Å². The Balaban J connectivity index is 1.60. The van der Waals surface area contributed by atoms with Gasteiger partial charge in [-0.05, 0) is 74.5 Å². The Bertz CT molecular complexity index is 892. The lowest BCUT2D eigenvalue weighted by Gasteiger charge is -2.11. The number of anilines is 3. The molecule has 0 radical (unpaired) electrons. The van der Waals surface area contributed by atoms with Crippen molar-refractivity contribution in [2.24, 2.45) is 0 Å². The second kappa shape index (κ2) is 8.31. The minimum atomic E-state index is -0.302. The molecule has 3 aromatic rings. The fourth-order valence-electron chi connectivity index (χ4n) is 2.38. The van der Waals surface area contributed by atoms with Crippen LogP contribution in [-0.2, 0) is 0 Å². The summed E-state index contributed by atoms with van der Waals surface area (Å²) in [5, 5.41) is 5.86. The molecule has 1 amide bonds. The Kier molecular flexibility index (Phi) is 5.66. The molecule has 0 aliphatic rings. The van der Waals surface area contributed by atoms with Crippen LogP contribution < -0.4 is 15.4 Å². The summed E-state index contributed by atoms with van der Waals surface area (Å²) in [4.78, 5) is 16.6. The molecule has 0 unspecified atom stereocenters. The highest BCUT2D eigenvalue weighted by molar-refractivity contribution is 6.04. The van der Waals surface area contributed by atoms with E-state index < -0.39 is 0 Å². The summed E-state index contributed by atoms with van der Waals surface area (Å²) in [7, 11) is 0. The number of aromatic nitrogens is 1. The van der Waals surface area contributed by atoms with Crippen molar-refractivity contribution in [2.45, 2.75) is 20.0 Å². The summed E-state index contributed by atoms with van der Waals surface area (Å²) in [5.41, 5.74) is 1.82. The van der Waals surface area contributed by atoms with E-state index in [1.807, 2.05) is 26.0 Å². The number of carbonyl (C=O) groups excluding carboxylic acids is 1. The average Bonchev–Trinajstić information content (AvgIpc) is 2.65. The largest absolute Gasteiger partial charge is 0.491 e. The number of nitrogens with zero attached hydrogens (tertiary/aromatic N) is 1. The molecule has 5 nitrogen and oxygen atoms in total. The maximum absolute atomic E-state index is 12.9. The molecule has 0 saturated carbocycles. The van der Waals surface area contributed by atoms with E-state index in [9.17, 15) is 9.18 Å². The van der Waals surface area contributed by atoms with Gasteiger partial charge in [0.15, 0.2) is 0 Å². The van der Waals surface area contributed by atoms with Gasteiger partial charge in [-0.15, -0.1) is 0 Å². The van der Waals surface area contributed by atoms with Crippen LogP contribution in [0.5, 0.6) is 5.75 Å². The van der Waals surface area contributed by atoms with Crippen LogP contribution in [-0.4, -0.2) is 17.0 Å². The first-order valence-electron chi connectivity index (χ1n) is 8.56. The SMILES string of the molecule is CC(C)Oc1ccc(NC(=O)c2ccc(Nc3ccc(F)cc3)nc2)cc1. The van der Waals surface area contributed by atoms with Crippen LogP contribution in [0.15, 0.2) is 66.9 Å². The fraction of sp³-hybridized carbons (Fsp3) is 0.143. The van der Waals surface area contributed by atoms with Crippen molar-refractivity contribution in [3.05, 3.63) is 78.2 Å². The van der Waals surface area contributed by atoms with E-state index in [0.29, 0.717) is 22.8 Å². The maximum Gasteiger partial charge on any atom is 0.257 e. The van der Waals surface area contributed by atoms with Crippen LogP contribution in [0.4, 0.5) is 21.6 Å². The third kappa shape index (κ3) is 5.28. The first kappa shape index (κ1) is 18.4. The van der Waals surface area contributed by atoms with Crippen molar-refractivity contribution >= 4 is 23.1 Å². The Morgan fingerprint density at radius 2 is 1.63 bits per heavy atom. The van der Waals surface area contributed by atoms with Gasteiger partial charge in [0.2, 0.25) is 0 Å². The normalized spacial score (nSPS) is 10.5. The Morgan fingerprint density at radius 1 is 0.963 bits per heavy atom. The quantitative estimate of drug-likeness (QED) is 0.645. The van der Waals surface area contributed by atoms with Crippen LogP contribution in [0, 0.1) is 5.82 Å². The first-order valence-corrected chi connectivity index (χ1v) is 8.56. The van der Waals surface area contributed by atoms with Crippen LogP contribution in [0.3, 0.4) is 0 Å². The predicted molar refractivity (Wildman–Crippen MR) is 104 cm³/mol. The number of carbonyl (C=O) groups is 1. The van der Waals surface area contributed by atoms with Crippen molar-refractivity contribution in [1.29, 1.82) is 0 Å². The van der Waals surface area contributed by atoms with Gasteiger partial charge in [-0.3, -0.25) is 4.79 Å². The Labute approximate surface area is 157 Å². The van der Waals surface area contributed by atoms with Gasteiger partial charge in [-0.1, -0.05) is 0 Å². The van der Waals surface area contributed by atoms with Crippen LogP contribution in [0.1, 0.15) is 24.2 Å². The molecule has 0 aliphatic carbocycles. The van der Waals surface area contributed by atoms with E-state index >= 15 is 0 Å². The number of amides is 1. The van der Waals surface area contributed by atoms with Gasteiger partial charge in [-0.25, -0.2) is 9.37 Å². The maximum atomic E-state index is 12.9. The summed E-state index contributed by atoms with van der Waals surface area (Å²) in [6, 6.07) is 16.5. The van der Waals surface area contributed by atoms with Crippen molar-refractivity contribution in [3.63, 3.8) is 0 Å². The fourth-order valence-corrected chi connectivity index (χ4v) is 2.38. The third-order valence-corrected chi connectivity index (χ3v) is 3.63. The zero-order valence-corrected chi connectivity index (χ0v) is 15.1. The highest BCUT2D eigenvalue weighted by Crippen LogP contribution is 2.18. The lowest BCUT2D eigenvalue weighted by molar-refractivity contribution is 0.102. The molecule has 0 fully saturated rings. The zero-order valence-electron chi connectivity index (χ0n) is 15.1. The van der Waals surface area contributed by atoms with Crippen LogP contribution in [0.2, 0.25) is 0 Å². The van der Waals surface area contributed by atoms with Gasteiger partial charge in [0.1, 0.15) is 17.4 Å². The molecule has 138 valence electrons. The number of hydrogen-bond donors (Lipinski definition) is 2. The average molecular weight is 365 g/mol. The first-order chi connectivity index (χ1) is 13.0. The number of benzene rings is 2. The van der Waals surface area contributed by atoms with Gasteiger partial charge < -0.3 is 15.4 Å². The standard InChI is InChI=1S/C21H20FN3O2/c1-14(2)27-19-10-8-18(9-11-19)25-21(26)15-3-12-20(23-13-15)24-17-6-4-16(22)5-7-17/h3-14H,1-2H3,(H,23,24)(H,25,26). The second-order valence-corrected chi connectivity index (χ2v) is 6.21. The minimum Gasteiger partial charge on any atom is -0.491 e. The summed E-state index contributed by atoms with van der Waals surface area (Å²) in [6.07, 6.45) is 1.58. The minimum absolute atomic E-state index is 0.0959.